The summed E-state index contributed by atoms with van der Waals surface area (Å²) in [5.41, 5.74) is 0.539. The summed E-state index contributed by atoms with van der Waals surface area (Å²) in [7, 11) is -0.376. The molecule has 0 saturated carbocycles. The van der Waals surface area contributed by atoms with Gasteiger partial charge in [-0.25, -0.2) is 4.79 Å². The molecule has 0 aliphatic heterocycles. The number of esters is 1. The van der Waals surface area contributed by atoms with Crippen LogP contribution in [0, 0.1) is 0 Å². The van der Waals surface area contributed by atoms with Crippen molar-refractivity contribution in [2.24, 2.45) is 0 Å². The first-order valence-corrected chi connectivity index (χ1v) is 10.3. The van der Waals surface area contributed by atoms with E-state index in [-0.39, 0.29) is 16.9 Å². The van der Waals surface area contributed by atoms with Crippen molar-refractivity contribution in [2.75, 3.05) is 0 Å². The lowest BCUT2D eigenvalue weighted by Crippen LogP contribution is -2.12. The standard InChI is InChI=1S/C25H19O2S/c26-25(20-12-4-1-5-13-20)27-23-18-10-11-19-24(23)28(21-14-6-2-7-15-21)22-16-8-3-9-17-22/h1-19H/q+1. The molecule has 0 aliphatic carbocycles. The van der Waals surface area contributed by atoms with Gasteiger partial charge in [0.05, 0.1) is 5.56 Å². The normalized spacial score (nSPS) is 10.6. The molecule has 28 heavy (non-hydrogen) atoms. The average molecular weight is 383 g/mol. The molecular weight excluding hydrogens is 364 g/mol. The largest absolute Gasteiger partial charge is 0.418 e. The Kier molecular flexibility index (Phi) is 5.55. The Balaban J connectivity index is 1.77. The minimum absolute atomic E-state index is 0.349. The van der Waals surface area contributed by atoms with E-state index in [9.17, 15) is 4.79 Å². The maximum atomic E-state index is 12.6. The molecule has 136 valence electrons. The number of ether oxygens (including phenoxy) is 1. The van der Waals surface area contributed by atoms with Crippen molar-refractivity contribution in [3.63, 3.8) is 0 Å². The topological polar surface area (TPSA) is 26.3 Å². The molecule has 4 aromatic rings. The fraction of sp³-hybridized carbons (Fsp3) is 0. The average Bonchev–Trinajstić information content (AvgIpc) is 2.77. The van der Waals surface area contributed by atoms with E-state index in [1.165, 1.54) is 9.79 Å². The zero-order valence-electron chi connectivity index (χ0n) is 15.2. The molecule has 2 nitrogen and oxygen atoms in total. The number of para-hydroxylation sites is 1. The highest BCUT2D eigenvalue weighted by molar-refractivity contribution is 7.97. The van der Waals surface area contributed by atoms with Gasteiger partial charge >= 0.3 is 5.97 Å². The Labute approximate surface area is 167 Å². The van der Waals surface area contributed by atoms with Crippen LogP contribution in [-0.4, -0.2) is 5.97 Å². The van der Waals surface area contributed by atoms with Crippen molar-refractivity contribution in [3.05, 3.63) is 121 Å². The summed E-state index contributed by atoms with van der Waals surface area (Å²) in [4.78, 5) is 16.0. The van der Waals surface area contributed by atoms with Crippen LogP contribution < -0.4 is 4.74 Å². The summed E-state index contributed by atoms with van der Waals surface area (Å²) < 4.78 is 5.82. The van der Waals surface area contributed by atoms with Crippen molar-refractivity contribution >= 4 is 16.9 Å². The van der Waals surface area contributed by atoms with Gasteiger partial charge in [0, 0.05) is 0 Å². The summed E-state index contributed by atoms with van der Waals surface area (Å²) >= 11 is 0. The summed E-state index contributed by atoms with van der Waals surface area (Å²) in [6.45, 7) is 0. The Morgan fingerprint density at radius 3 is 1.61 bits per heavy atom. The minimum Gasteiger partial charge on any atom is -0.418 e. The third kappa shape index (κ3) is 4.00. The van der Waals surface area contributed by atoms with Crippen LogP contribution in [-0.2, 0) is 10.9 Å². The second-order valence-corrected chi connectivity index (χ2v) is 8.13. The first-order chi connectivity index (χ1) is 13.8. The third-order valence-electron chi connectivity index (χ3n) is 4.24. The van der Waals surface area contributed by atoms with Crippen molar-refractivity contribution in [3.8, 4) is 5.75 Å². The van der Waals surface area contributed by atoms with Crippen LogP contribution in [0.25, 0.3) is 0 Å². The van der Waals surface area contributed by atoms with E-state index >= 15 is 0 Å². The molecule has 4 rings (SSSR count). The molecule has 0 amide bonds. The predicted octanol–water partition coefficient (Wildman–Crippen LogP) is 6.00. The molecule has 0 aromatic heterocycles. The van der Waals surface area contributed by atoms with Gasteiger partial charge in [0.25, 0.3) is 0 Å². The number of carbonyl (C=O) groups excluding carboxylic acids is 1. The van der Waals surface area contributed by atoms with Crippen LogP contribution in [0.2, 0.25) is 0 Å². The lowest BCUT2D eigenvalue weighted by molar-refractivity contribution is 0.0730. The molecule has 0 bridgehead atoms. The van der Waals surface area contributed by atoms with Gasteiger partial charge in [-0.15, -0.1) is 0 Å². The van der Waals surface area contributed by atoms with Gasteiger partial charge in [-0.2, -0.15) is 0 Å². The maximum Gasteiger partial charge on any atom is 0.343 e. The number of rotatable bonds is 5. The lowest BCUT2D eigenvalue weighted by atomic mass is 10.2. The van der Waals surface area contributed by atoms with Crippen LogP contribution >= 0.6 is 0 Å². The highest BCUT2D eigenvalue weighted by Gasteiger charge is 2.32. The van der Waals surface area contributed by atoms with Crippen LogP contribution in [0.15, 0.2) is 130 Å². The molecule has 0 radical (unpaired) electrons. The summed E-state index contributed by atoms with van der Waals surface area (Å²) in [6.07, 6.45) is 0. The molecule has 0 aliphatic rings. The Morgan fingerprint density at radius 1 is 0.571 bits per heavy atom. The fourth-order valence-corrected chi connectivity index (χ4v) is 5.10. The van der Waals surface area contributed by atoms with Gasteiger partial charge in [-0.1, -0.05) is 66.7 Å². The van der Waals surface area contributed by atoms with Gasteiger partial charge in [0.1, 0.15) is 10.9 Å². The van der Waals surface area contributed by atoms with Gasteiger partial charge in [0.2, 0.25) is 4.90 Å². The molecule has 0 fully saturated rings. The molecule has 3 heteroatoms. The highest BCUT2D eigenvalue weighted by atomic mass is 32.2. The molecule has 0 heterocycles. The molecule has 0 spiro atoms. The zero-order valence-corrected chi connectivity index (χ0v) is 16.0. The quantitative estimate of drug-likeness (QED) is 0.240. The van der Waals surface area contributed by atoms with Crippen LogP contribution in [0.5, 0.6) is 5.75 Å². The maximum absolute atomic E-state index is 12.6. The monoisotopic (exact) mass is 383 g/mol. The minimum atomic E-state index is -0.376. The molecule has 0 N–H and O–H groups in total. The number of hydrogen-bond acceptors (Lipinski definition) is 2. The van der Waals surface area contributed by atoms with Gasteiger partial charge in [-0.05, 0) is 48.5 Å². The van der Waals surface area contributed by atoms with Gasteiger partial charge in [0.15, 0.2) is 15.5 Å². The van der Waals surface area contributed by atoms with E-state index in [1.807, 2.05) is 78.9 Å². The first kappa shape index (κ1) is 18.1. The van der Waals surface area contributed by atoms with E-state index < -0.39 is 0 Å². The Morgan fingerprint density at radius 2 is 1.04 bits per heavy atom. The second kappa shape index (κ2) is 8.59. The molecule has 0 unspecified atom stereocenters. The smallest absolute Gasteiger partial charge is 0.343 e. The van der Waals surface area contributed by atoms with Crippen molar-refractivity contribution < 1.29 is 9.53 Å². The summed E-state index contributed by atoms with van der Waals surface area (Å²) in [5.74, 6) is 0.241. The lowest BCUT2D eigenvalue weighted by Gasteiger charge is -2.12. The summed E-state index contributed by atoms with van der Waals surface area (Å²) in [5, 5.41) is 0. The Bertz CT molecular complexity index is 1010. The first-order valence-electron chi connectivity index (χ1n) is 9.03. The third-order valence-corrected chi connectivity index (χ3v) is 6.50. The molecule has 0 atom stereocenters. The number of hydrogen-bond donors (Lipinski definition) is 0. The van der Waals surface area contributed by atoms with E-state index in [4.69, 9.17) is 4.74 Å². The Hall–Kier alpha value is -3.30. The number of benzene rings is 4. The second-order valence-electron chi connectivity index (χ2n) is 6.13. The SMILES string of the molecule is O=C(Oc1ccccc1[S+](c1ccccc1)c1ccccc1)c1ccccc1. The van der Waals surface area contributed by atoms with Gasteiger partial charge in [-0.3, -0.25) is 0 Å². The molecular formula is C25H19O2S+. The van der Waals surface area contributed by atoms with Gasteiger partial charge < -0.3 is 4.74 Å². The highest BCUT2D eigenvalue weighted by Crippen LogP contribution is 2.36. The van der Waals surface area contributed by atoms with Crippen LogP contribution in [0.1, 0.15) is 10.4 Å². The fourth-order valence-electron chi connectivity index (χ4n) is 2.94. The van der Waals surface area contributed by atoms with Crippen molar-refractivity contribution in [1.29, 1.82) is 0 Å². The van der Waals surface area contributed by atoms with E-state index in [2.05, 4.69) is 24.3 Å². The van der Waals surface area contributed by atoms with Crippen molar-refractivity contribution in [2.45, 2.75) is 14.7 Å². The molecule has 0 saturated heterocycles. The summed E-state index contributed by atoms with van der Waals surface area (Å²) in [6, 6.07) is 37.5. The van der Waals surface area contributed by atoms with Crippen LogP contribution in [0.3, 0.4) is 0 Å². The van der Waals surface area contributed by atoms with Crippen molar-refractivity contribution in [1.82, 2.24) is 0 Å². The van der Waals surface area contributed by atoms with E-state index in [0.29, 0.717) is 11.3 Å². The van der Waals surface area contributed by atoms with E-state index in [0.717, 1.165) is 4.90 Å². The van der Waals surface area contributed by atoms with E-state index in [1.54, 1.807) is 12.1 Å². The predicted molar refractivity (Wildman–Crippen MR) is 113 cm³/mol. The molecule has 4 aromatic carbocycles. The van der Waals surface area contributed by atoms with Crippen LogP contribution in [0.4, 0.5) is 0 Å². The number of carbonyl (C=O) groups is 1. The zero-order chi connectivity index (χ0) is 19.2.